The number of benzene rings is 1. The number of esters is 1. The molecule has 1 aromatic carbocycles. The first-order valence-electron chi connectivity index (χ1n) is 4.17. The molecule has 0 aliphatic heterocycles. The van der Waals surface area contributed by atoms with Gasteiger partial charge in [0.25, 0.3) is 0 Å². The van der Waals surface area contributed by atoms with Crippen molar-refractivity contribution in [2.75, 3.05) is 14.2 Å². The molecule has 5 heteroatoms. The lowest BCUT2D eigenvalue weighted by atomic mass is 10.1. The van der Waals surface area contributed by atoms with Crippen LogP contribution in [-0.2, 0) is 16.0 Å². The molecule has 0 aliphatic rings. The highest BCUT2D eigenvalue weighted by Gasteiger charge is 2.14. The molecule has 82 valence electrons. The first-order chi connectivity index (χ1) is 7.10. The van der Waals surface area contributed by atoms with Gasteiger partial charge < -0.3 is 9.47 Å². The molecule has 0 spiro atoms. The minimum absolute atomic E-state index is 0.0258. The van der Waals surface area contributed by atoms with Crippen molar-refractivity contribution >= 4 is 21.9 Å². The normalized spacial score (nSPS) is 9.87. The van der Waals surface area contributed by atoms with Crippen LogP contribution in [0.1, 0.15) is 5.56 Å². The van der Waals surface area contributed by atoms with Gasteiger partial charge in [0, 0.05) is 0 Å². The van der Waals surface area contributed by atoms with Crippen LogP contribution >= 0.6 is 15.9 Å². The molecule has 0 saturated heterocycles. The second-order valence-electron chi connectivity index (χ2n) is 2.81. The Kier molecular flexibility index (Phi) is 4.08. The van der Waals surface area contributed by atoms with Crippen molar-refractivity contribution < 1.29 is 18.7 Å². The Labute approximate surface area is 95.3 Å². The van der Waals surface area contributed by atoms with Gasteiger partial charge in [0.15, 0.2) is 11.6 Å². The van der Waals surface area contributed by atoms with Crippen LogP contribution in [0.25, 0.3) is 0 Å². The number of ether oxygens (including phenoxy) is 2. The summed E-state index contributed by atoms with van der Waals surface area (Å²) in [6, 6.07) is 3.08. The molecule has 3 nitrogen and oxygen atoms in total. The van der Waals surface area contributed by atoms with Gasteiger partial charge in [-0.05, 0) is 27.6 Å². The number of rotatable bonds is 3. The van der Waals surface area contributed by atoms with Crippen LogP contribution in [0.4, 0.5) is 4.39 Å². The van der Waals surface area contributed by atoms with Gasteiger partial charge in [0.05, 0.1) is 25.1 Å². The summed E-state index contributed by atoms with van der Waals surface area (Å²) in [6.45, 7) is 0. The van der Waals surface area contributed by atoms with Gasteiger partial charge in [-0.25, -0.2) is 4.39 Å². The van der Waals surface area contributed by atoms with Gasteiger partial charge in [0.1, 0.15) is 0 Å². The maximum Gasteiger partial charge on any atom is 0.310 e. The van der Waals surface area contributed by atoms with Crippen LogP contribution in [0.5, 0.6) is 5.75 Å². The number of hydrogen-bond acceptors (Lipinski definition) is 3. The van der Waals surface area contributed by atoms with Gasteiger partial charge in [0.2, 0.25) is 0 Å². The van der Waals surface area contributed by atoms with E-state index >= 15 is 0 Å². The molecule has 0 amide bonds. The highest BCUT2D eigenvalue weighted by molar-refractivity contribution is 9.10. The van der Waals surface area contributed by atoms with E-state index in [2.05, 4.69) is 20.7 Å². The Hall–Kier alpha value is -1.10. The van der Waals surface area contributed by atoms with Crippen molar-refractivity contribution in [2.45, 2.75) is 6.42 Å². The van der Waals surface area contributed by atoms with Crippen molar-refractivity contribution in [3.8, 4) is 5.75 Å². The van der Waals surface area contributed by atoms with Crippen LogP contribution in [-0.4, -0.2) is 20.2 Å². The van der Waals surface area contributed by atoms with E-state index < -0.39 is 11.8 Å². The fourth-order valence-electron chi connectivity index (χ4n) is 1.09. The van der Waals surface area contributed by atoms with E-state index in [0.717, 1.165) is 0 Å². The topological polar surface area (TPSA) is 35.5 Å². The second-order valence-corrected chi connectivity index (χ2v) is 3.60. The van der Waals surface area contributed by atoms with E-state index in [1.165, 1.54) is 20.3 Å². The Morgan fingerprint density at radius 2 is 2.13 bits per heavy atom. The number of hydrogen-bond donors (Lipinski definition) is 0. The number of methoxy groups -OCH3 is 2. The van der Waals surface area contributed by atoms with E-state index in [9.17, 15) is 9.18 Å². The smallest absolute Gasteiger partial charge is 0.310 e. The molecule has 0 fully saturated rings. The molecule has 1 rings (SSSR count). The highest BCUT2D eigenvalue weighted by Crippen LogP contribution is 2.28. The Morgan fingerprint density at radius 1 is 1.47 bits per heavy atom. The predicted octanol–water partition coefficient (Wildman–Crippen LogP) is 2.31. The lowest BCUT2D eigenvalue weighted by Crippen LogP contribution is -2.06. The van der Waals surface area contributed by atoms with Gasteiger partial charge >= 0.3 is 5.97 Å². The fraction of sp³-hybridized carbons (Fsp3) is 0.300. The summed E-state index contributed by atoms with van der Waals surface area (Å²) in [5.41, 5.74) is 0.528. The van der Waals surface area contributed by atoms with E-state index in [1.54, 1.807) is 6.07 Å². The monoisotopic (exact) mass is 276 g/mol. The molecule has 0 aromatic heterocycles. The second kappa shape index (κ2) is 5.11. The van der Waals surface area contributed by atoms with Crippen LogP contribution < -0.4 is 4.74 Å². The maximum absolute atomic E-state index is 13.5. The van der Waals surface area contributed by atoms with E-state index in [0.29, 0.717) is 5.56 Å². The quantitative estimate of drug-likeness (QED) is 0.795. The Morgan fingerprint density at radius 3 is 2.67 bits per heavy atom. The summed E-state index contributed by atoms with van der Waals surface area (Å²) in [5.74, 6) is -0.797. The molecule has 1 aromatic rings. The average Bonchev–Trinajstić information content (AvgIpc) is 2.25. The Balaban J connectivity index is 3.01. The summed E-state index contributed by atoms with van der Waals surface area (Å²) < 4.78 is 23.0. The standard InChI is InChI=1S/C10H10BrFO3/c1-14-7-4-3-6(5-8(13)15-2)9(11)10(7)12/h3-4H,5H2,1-2H3. The molecular weight excluding hydrogens is 267 g/mol. The third-order valence-corrected chi connectivity index (χ3v) is 2.77. The molecule has 0 bridgehead atoms. The number of carbonyl (C=O) groups excluding carboxylic acids is 1. The van der Waals surface area contributed by atoms with Crippen LogP contribution in [0.3, 0.4) is 0 Å². The number of halogens is 2. The largest absolute Gasteiger partial charge is 0.494 e. The minimum atomic E-state index is -0.515. The van der Waals surface area contributed by atoms with Crippen LogP contribution in [0.15, 0.2) is 16.6 Å². The van der Waals surface area contributed by atoms with Crippen molar-refractivity contribution in [1.29, 1.82) is 0 Å². The van der Waals surface area contributed by atoms with Crippen molar-refractivity contribution in [2.24, 2.45) is 0 Å². The molecule has 0 atom stereocenters. The summed E-state index contributed by atoms with van der Waals surface area (Å²) in [4.78, 5) is 11.0. The summed E-state index contributed by atoms with van der Waals surface area (Å²) in [6.07, 6.45) is 0.0258. The third-order valence-electron chi connectivity index (χ3n) is 1.91. The predicted molar refractivity (Wildman–Crippen MR) is 56.4 cm³/mol. The highest BCUT2D eigenvalue weighted by atomic mass is 79.9. The maximum atomic E-state index is 13.5. The van der Waals surface area contributed by atoms with Crippen LogP contribution in [0, 0.1) is 5.82 Å². The molecular formula is C10H10BrFO3. The van der Waals surface area contributed by atoms with E-state index in [1.807, 2.05) is 0 Å². The van der Waals surface area contributed by atoms with Crippen molar-refractivity contribution in [3.63, 3.8) is 0 Å². The third kappa shape index (κ3) is 2.68. The molecule has 0 unspecified atom stereocenters. The lowest BCUT2D eigenvalue weighted by molar-refractivity contribution is -0.139. The molecule has 0 N–H and O–H groups in total. The summed E-state index contributed by atoms with van der Waals surface area (Å²) >= 11 is 3.07. The molecule has 0 saturated carbocycles. The fourth-order valence-corrected chi connectivity index (χ4v) is 1.56. The minimum Gasteiger partial charge on any atom is -0.494 e. The van der Waals surface area contributed by atoms with Gasteiger partial charge in [-0.1, -0.05) is 6.07 Å². The van der Waals surface area contributed by atoms with Crippen LogP contribution in [0.2, 0.25) is 0 Å². The first kappa shape index (κ1) is 12.0. The first-order valence-corrected chi connectivity index (χ1v) is 4.97. The zero-order valence-electron chi connectivity index (χ0n) is 8.34. The van der Waals surface area contributed by atoms with Crippen molar-refractivity contribution in [3.05, 3.63) is 28.0 Å². The number of carbonyl (C=O) groups is 1. The molecule has 15 heavy (non-hydrogen) atoms. The summed E-state index contributed by atoms with van der Waals surface area (Å²) in [5, 5.41) is 0. The molecule has 0 radical (unpaired) electrons. The van der Waals surface area contributed by atoms with Gasteiger partial charge in [-0.2, -0.15) is 0 Å². The zero-order chi connectivity index (χ0) is 11.4. The van der Waals surface area contributed by atoms with E-state index in [4.69, 9.17) is 4.74 Å². The van der Waals surface area contributed by atoms with E-state index in [-0.39, 0.29) is 16.6 Å². The van der Waals surface area contributed by atoms with Crippen molar-refractivity contribution in [1.82, 2.24) is 0 Å². The Bertz CT molecular complexity index is 379. The zero-order valence-corrected chi connectivity index (χ0v) is 9.93. The van der Waals surface area contributed by atoms with Gasteiger partial charge in [-0.3, -0.25) is 4.79 Å². The molecule has 0 aliphatic carbocycles. The molecule has 0 heterocycles. The average molecular weight is 277 g/mol. The summed E-state index contributed by atoms with van der Waals surface area (Å²) in [7, 11) is 2.67. The lowest BCUT2D eigenvalue weighted by Gasteiger charge is -2.07. The SMILES string of the molecule is COC(=O)Cc1ccc(OC)c(F)c1Br. The van der Waals surface area contributed by atoms with Gasteiger partial charge in [-0.15, -0.1) is 0 Å².